The Labute approximate surface area is 180 Å². The molecule has 9 nitrogen and oxygen atoms in total. The summed E-state index contributed by atoms with van der Waals surface area (Å²) in [7, 11) is 5.88. The zero-order valence-electron chi connectivity index (χ0n) is 18.2. The van der Waals surface area contributed by atoms with E-state index in [1.54, 1.807) is 30.3 Å². The predicted octanol–water partition coefficient (Wildman–Crippen LogP) is 2.49. The van der Waals surface area contributed by atoms with E-state index in [2.05, 4.69) is 0 Å². The van der Waals surface area contributed by atoms with E-state index in [9.17, 15) is 14.7 Å². The fourth-order valence-corrected chi connectivity index (χ4v) is 3.71. The molecule has 1 aliphatic rings. The van der Waals surface area contributed by atoms with Crippen LogP contribution in [0.15, 0.2) is 30.3 Å². The normalized spacial score (nSPS) is 20.0. The summed E-state index contributed by atoms with van der Waals surface area (Å²) in [5.74, 6) is 0.628. The van der Waals surface area contributed by atoms with E-state index in [1.165, 1.54) is 47.2 Å². The van der Waals surface area contributed by atoms with Gasteiger partial charge in [0.15, 0.2) is 28.6 Å². The van der Waals surface area contributed by atoms with Crippen molar-refractivity contribution in [1.29, 1.82) is 0 Å². The van der Waals surface area contributed by atoms with E-state index in [0.717, 1.165) is 0 Å². The van der Waals surface area contributed by atoms with E-state index >= 15 is 0 Å². The van der Waals surface area contributed by atoms with Gasteiger partial charge in [-0.15, -0.1) is 0 Å². The number of hydrogen-bond donors (Lipinski definition) is 1. The number of ether oxygens (including phenoxy) is 5. The third kappa shape index (κ3) is 3.72. The molecule has 0 bridgehead atoms. The minimum Gasteiger partial charge on any atom is -0.493 e. The maximum atomic E-state index is 12.9. The zero-order valence-corrected chi connectivity index (χ0v) is 18.2. The van der Waals surface area contributed by atoms with Crippen LogP contribution in [0.25, 0.3) is 0 Å². The molecule has 0 saturated carbocycles. The summed E-state index contributed by atoms with van der Waals surface area (Å²) in [5, 5.41) is 10.9. The molecule has 1 fully saturated rings. The van der Waals surface area contributed by atoms with Crippen LogP contribution in [0.5, 0.6) is 28.7 Å². The third-order valence-corrected chi connectivity index (χ3v) is 5.13. The number of aliphatic hydroxyl groups is 1. The number of nitrogens with zero attached hydrogens (tertiary/aromatic N) is 1. The van der Waals surface area contributed by atoms with Gasteiger partial charge >= 0.3 is 5.97 Å². The van der Waals surface area contributed by atoms with Gasteiger partial charge in [-0.2, -0.15) is 0 Å². The van der Waals surface area contributed by atoms with Crippen molar-refractivity contribution < 1.29 is 38.4 Å². The van der Waals surface area contributed by atoms with Crippen molar-refractivity contribution in [2.24, 2.45) is 0 Å². The molecular weight excluding hydrogens is 406 g/mol. The number of β-lactam (4-membered cyclic amide) rings is 1. The summed E-state index contributed by atoms with van der Waals surface area (Å²) < 4.78 is 26.6. The molecule has 1 amide bonds. The lowest BCUT2D eigenvalue weighted by Crippen LogP contribution is -2.67. The highest BCUT2D eigenvalue weighted by atomic mass is 16.6. The van der Waals surface area contributed by atoms with Gasteiger partial charge in [0.25, 0.3) is 5.91 Å². The molecular formula is C22H25NO8. The molecule has 9 heteroatoms. The molecule has 0 aromatic heterocycles. The van der Waals surface area contributed by atoms with E-state index in [0.29, 0.717) is 34.2 Å². The lowest BCUT2D eigenvalue weighted by Gasteiger charge is -2.51. The van der Waals surface area contributed by atoms with Gasteiger partial charge in [-0.1, -0.05) is 6.07 Å². The average molecular weight is 431 g/mol. The molecule has 1 N–H and O–H groups in total. The first-order valence-electron chi connectivity index (χ1n) is 9.42. The quantitative estimate of drug-likeness (QED) is 0.405. The lowest BCUT2D eigenvalue weighted by molar-refractivity contribution is -0.151. The van der Waals surface area contributed by atoms with Gasteiger partial charge in [-0.05, 0) is 24.6 Å². The molecule has 1 aliphatic heterocycles. The number of carbonyl (C=O) groups is 2. The first-order valence-corrected chi connectivity index (χ1v) is 9.42. The van der Waals surface area contributed by atoms with Gasteiger partial charge in [0, 0.05) is 19.1 Å². The van der Waals surface area contributed by atoms with Gasteiger partial charge in [0.1, 0.15) is 0 Å². The number of carbonyl (C=O) groups excluding carboxylic acids is 2. The number of esters is 1. The van der Waals surface area contributed by atoms with Crippen molar-refractivity contribution in [3.05, 3.63) is 35.9 Å². The van der Waals surface area contributed by atoms with Crippen LogP contribution in [0.2, 0.25) is 0 Å². The highest BCUT2D eigenvalue weighted by Crippen LogP contribution is 2.50. The Hall–Kier alpha value is -3.46. The fraction of sp³-hybridized carbons (Fsp3) is 0.364. The molecule has 0 spiro atoms. The number of anilines is 1. The Morgan fingerprint density at radius 3 is 2.00 bits per heavy atom. The summed E-state index contributed by atoms with van der Waals surface area (Å²) in [6.45, 7) is 2.71. The monoisotopic (exact) mass is 431 g/mol. The Kier molecular flexibility index (Phi) is 5.99. The van der Waals surface area contributed by atoms with Crippen LogP contribution in [-0.4, -0.2) is 51.0 Å². The molecule has 2 aromatic carbocycles. The maximum Gasteiger partial charge on any atom is 0.308 e. The van der Waals surface area contributed by atoms with Crippen molar-refractivity contribution in [3.63, 3.8) is 0 Å². The molecule has 166 valence electrons. The Morgan fingerprint density at radius 2 is 1.52 bits per heavy atom. The van der Waals surface area contributed by atoms with Crippen molar-refractivity contribution in [2.45, 2.75) is 25.5 Å². The molecule has 0 aliphatic carbocycles. The zero-order chi connectivity index (χ0) is 22.9. The van der Waals surface area contributed by atoms with Crippen molar-refractivity contribution in [2.75, 3.05) is 33.3 Å². The second-order valence-electron chi connectivity index (χ2n) is 7.11. The second-order valence-corrected chi connectivity index (χ2v) is 7.11. The molecule has 3 rings (SSSR count). The summed E-state index contributed by atoms with van der Waals surface area (Å²) in [6, 6.07) is 7.36. The topological polar surface area (TPSA) is 104 Å². The second kappa shape index (κ2) is 8.35. The number of hydrogen-bond acceptors (Lipinski definition) is 8. The SMILES string of the molecule is COc1ccc([C@@H]2N(c3cc(OC)c(OC)c(OC)c3)C(=O)[C@]2(C)O)cc1OC(C)=O. The van der Waals surface area contributed by atoms with Crippen molar-refractivity contribution >= 4 is 17.6 Å². The third-order valence-electron chi connectivity index (χ3n) is 5.13. The highest BCUT2D eigenvalue weighted by molar-refractivity contribution is 6.08. The van der Waals surface area contributed by atoms with Crippen LogP contribution in [-0.2, 0) is 9.59 Å². The van der Waals surface area contributed by atoms with Crippen LogP contribution < -0.4 is 28.6 Å². The summed E-state index contributed by atoms with van der Waals surface area (Å²) in [4.78, 5) is 25.8. The van der Waals surface area contributed by atoms with Crippen LogP contribution in [0.1, 0.15) is 25.5 Å². The molecule has 0 radical (unpaired) electrons. The first kappa shape index (κ1) is 22.2. The highest BCUT2D eigenvalue weighted by Gasteiger charge is 2.58. The molecule has 1 saturated heterocycles. The summed E-state index contributed by atoms with van der Waals surface area (Å²) in [5.41, 5.74) is -0.682. The fourth-order valence-electron chi connectivity index (χ4n) is 3.71. The lowest BCUT2D eigenvalue weighted by atomic mass is 9.78. The molecule has 1 heterocycles. The molecule has 0 unspecified atom stereocenters. The minimum atomic E-state index is -1.68. The van der Waals surface area contributed by atoms with Gasteiger partial charge in [0.2, 0.25) is 5.75 Å². The van der Waals surface area contributed by atoms with Crippen molar-refractivity contribution in [3.8, 4) is 28.7 Å². The average Bonchev–Trinajstić information content (AvgIpc) is 2.75. The summed E-state index contributed by atoms with van der Waals surface area (Å²) >= 11 is 0. The number of amides is 1. The largest absolute Gasteiger partial charge is 0.493 e. The number of methoxy groups -OCH3 is 4. The first-order chi connectivity index (χ1) is 14.7. The van der Waals surface area contributed by atoms with E-state index in [-0.39, 0.29) is 5.75 Å². The van der Waals surface area contributed by atoms with Crippen LogP contribution in [0.3, 0.4) is 0 Å². The van der Waals surface area contributed by atoms with Gasteiger partial charge in [0.05, 0.1) is 40.2 Å². The minimum absolute atomic E-state index is 0.187. The van der Waals surface area contributed by atoms with Crippen LogP contribution in [0.4, 0.5) is 5.69 Å². The van der Waals surface area contributed by atoms with E-state index in [4.69, 9.17) is 23.7 Å². The van der Waals surface area contributed by atoms with Crippen LogP contribution >= 0.6 is 0 Å². The van der Waals surface area contributed by atoms with Gasteiger partial charge in [-0.25, -0.2) is 0 Å². The van der Waals surface area contributed by atoms with Crippen LogP contribution in [0, 0.1) is 0 Å². The van der Waals surface area contributed by atoms with Crippen molar-refractivity contribution in [1.82, 2.24) is 0 Å². The molecule has 31 heavy (non-hydrogen) atoms. The van der Waals surface area contributed by atoms with Gasteiger partial charge in [-0.3, -0.25) is 14.5 Å². The van der Waals surface area contributed by atoms with Gasteiger partial charge < -0.3 is 28.8 Å². The van der Waals surface area contributed by atoms with E-state index in [1.807, 2.05) is 0 Å². The predicted molar refractivity (Wildman–Crippen MR) is 111 cm³/mol. The number of benzene rings is 2. The Morgan fingerprint density at radius 1 is 0.935 bits per heavy atom. The maximum absolute atomic E-state index is 12.9. The summed E-state index contributed by atoms with van der Waals surface area (Å²) in [6.07, 6.45) is 0. The van der Waals surface area contributed by atoms with E-state index < -0.39 is 23.5 Å². The smallest absolute Gasteiger partial charge is 0.308 e. The standard InChI is InChI=1S/C22H25NO8/c1-12(24)31-16-9-13(7-8-15(16)27-3)20-22(2,26)21(25)23(20)14-10-17(28-4)19(30-6)18(11-14)29-5/h7-11,20,26H,1-6H3/t20-,22+/m0/s1. The molecule has 2 aromatic rings. The molecule has 2 atom stereocenters. The number of rotatable bonds is 7. The Bertz CT molecular complexity index is 992. The Balaban J connectivity index is 2.11.